The fraction of sp³-hybridized carbons (Fsp3) is 0.400. The molecule has 41 heavy (non-hydrogen) atoms. The van der Waals surface area contributed by atoms with E-state index >= 15 is 0 Å². The fourth-order valence-electron chi connectivity index (χ4n) is 5.28. The highest BCUT2D eigenvalue weighted by Crippen LogP contribution is 2.36. The molecule has 0 aromatic heterocycles. The maximum absolute atomic E-state index is 12.3. The highest BCUT2D eigenvalue weighted by atomic mass is 16.6. The largest absolute Gasteiger partial charge is 0.508 e. The zero-order valence-corrected chi connectivity index (χ0v) is 24.7. The van der Waals surface area contributed by atoms with Gasteiger partial charge in [0.15, 0.2) is 0 Å². The number of aryl methyl sites for hydroxylation is 1. The molecule has 3 aromatic carbocycles. The molecular formula is C35H44N2O4. The molecule has 0 saturated carbocycles. The predicted octanol–water partition coefficient (Wildman–Crippen LogP) is 6.61. The SMILES string of the molecule is CC(C)(C)OC(=O)N1CCN(CCCc2ccc(/C(=C(/CCCO)c3ccccc3)c3ccc(O)cc3)cc2)CC1. The van der Waals surface area contributed by atoms with Gasteiger partial charge in [0, 0.05) is 32.8 Å². The second-order valence-electron chi connectivity index (χ2n) is 11.7. The maximum Gasteiger partial charge on any atom is 0.410 e. The van der Waals surface area contributed by atoms with E-state index in [2.05, 4.69) is 41.3 Å². The van der Waals surface area contributed by atoms with Gasteiger partial charge in [0.05, 0.1) is 0 Å². The smallest absolute Gasteiger partial charge is 0.410 e. The Hall–Kier alpha value is -3.61. The number of allylic oxidation sites excluding steroid dienone is 1. The van der Waals surface area contributed by atoms with Crippen LogP contribution in [0.15, 0.2) is 78.9 Å². The van der Waals surface area contributed by atoms with Crippen LogP contribution in [0.4, 0.5) is 4.79 Å². The van der Waals surface area contributed by atoms with Crippen molar-refractivity contribution < 1.29 is 19.7 Å². The predicted molar refractivity (Wildman–Crippen MR) is 166 cm³/mol. The molecule has 0 spiro atoms. The molecule has 0 unspecified atom stereocenters. The van der Waals surface area contributed by atoms with Crippen LogP contribution in [0.25, 0.3) is 11.1 Å². The first-order valence-corrected chi connectivity index (χ1v) is 14.7. The van der Waals surface area contributed by atoms with Crippen LogP contribution in [-0.2, 0) is 11.2 Å². The molecular weight excluding hydrogens is 512 g/mol. The Bertz CT molecular complexity index is 1270. The number of aliphatic hydroxyl groups is 1. The van der Waals surface area contributed by atoms with Crippen LogP contribution in [0.2, 0.25) is 0 Å². The average Bonchev–Trinajstić information content (AvgIpc) is 2.96. The summed E-state index contributed by atoms with van der Waals surface area (Å²) in [6.07, 6.45) is 3.25. The monoisotopic (exact) mass is 556 g/mol. The lowest BCUT2D eigenvalue weighted by Crippen LogP contribution is -2.50. The number of amides is 1. The Kier molecular flexibility index (Phi) is 10.6. The number of nitrogens with zero attached hydrogens (tertiary/aromatic N) is 2. The van der Waals surface area contributed by atoms with Crippen molar-refractivity contribution >= 4 is 17.2 Å². The minimum atomic E-state index is -0.465. The summed E-state index contributed by atoms with van der Waals surface area (Å²) in [6, 6.07) is 26.5. The van der Waals surface area contributed by atoms with Crippen molar-refractivity contribution in [2.75, 3.05) is 39.3 Å². The number of carbonyl (C=O) groups is 1. The van der Waals surface area contributed by atoms with Crippen molar-refractivity contribution in [1.82, 2.24) is 9.80 Å². The first-order valence-electron chi connectivity index (χ1n) is 14.7. The summed E-state index contributed by atoms with van der Waals surface area (Å²) < 4.78 is 5.51. The third-order valence-electron chi connectivity index (χ3n) is 7.37. The van der Waals surface area contributed by atoms with Crippen molar-refractivity contribution in [2.45, 2.75) is 52.1 Å². The lowest BCUT2D eigenvalue weighted by atomic mass is 9.87. The van der Waals surface area contributed by atoms with Gasteiger partial charge in [-0.1, -0.05) is 66.7 Å². The van der Waals surface area contributed by atoms with Crippen LogP contribution >= 0.6 is 0 Å². The number of aliphatic hydroxyl groups excluding tert-OH is 1. The number of rotatable bonds is 10. The van der Waals surface area contributed by atoms with E-state index in [1.165, 1.54) is 11.1 Å². The lowest BCUT2D eigenvalue weighted by Gasteiger charge is -2.35. The lowest BCUT2D eigenvalue weighted by molar-refractivity contribution is 0.0144. The van der Waals surface area contributed by atoms with Crippen LogP contribution in [0.5, 0.6) is 5.75 Å². The maximum atomic E-state index is 12.3. The molecule has 1 saturated heterocycles. The Morgan fingerprint density at radius 3 is 2.00 bits per heavy atom. The summed E-state index contributed by atoms with van der Waals surface area (Å²) in [7, 11) is 0. The molecule has 0 radical (unpaired) electrons. The van der Waals surface area contributed by atoms with Gasteiger partial charge in [-0.25, -0.2) is 4.79 Å². The van der Waals surface area contributed by atoms with Crippen LogP contribution in [0.3, 0.4) is 0 Å². The molecule has 218 valence electrons. The number of phenols is 1. The molecule has 1 heterocycles. The summed E-state index contributed by atoms with van der Waals surface area (Å²) in [4.78, 5) is 16.6. The zero-order valence-electron chi connectivity index (χ0n) is 24.7. The van der Waals surface area contributed by atoms with Crippen LogP contribution < -0.4 is 0 Å². The molecule has 0 atom stereocenters. The topological polar surface area (TPSA) is 73.2 Å². The highest BCUT2D eigenvalue weighted by molar-refractivity contribution is 5.98. The molecule has 1 fully saturated rings. The molecule has 6 nitrogen and oxygen atoms in total. The van der Waals surface area contributed by atoms with Crippen LogP contribution in [-0.4, -0.2) is 71.0 Å². The Labute approximate surface area is 244 Å². The molecule has 6 heteroatoms. The van der Waals surface area contributed by atoms with Gasteiger partial charge in [-0.3, -0.25) is 4.90 Å². The van der Waals surface area contributed by atoms with Crippen molar-refractivity contribution in [2.24, 2.45) is 0 Å². The average molecular weight is 557 g/mol. The van der Waals surface area contributed by atoms with Crippen molar-refractivity contribution in [3.8, 4) is 5.75 Å². The number of phenolic OH excluding ortho intramolecular Hbond substituents is 1. The normalized spacial score (nSPS) is 15.0. The van der Waals surface area contributed by atoms with Gasteiger partial charge in [0.25, 0.3) is 0 Å². The quantitative estimate of drug-likeness (QED) is 0.275. The molecule has 1 amide bonds. The van der Waals surface area contributed by atoms with E-state index in [9.17, 15) is 15.0 Å². The molecule has 0 aliphatic carbocycles. The van der Waals surface area contributed by atoms with E-state index in [0.717, 1.165) is 61.2 Å². The van der Waals surface area contributed by atoms with Gasteiger partial charge >= 0.3 is 6.09 Å². The van der Waals surface area contributed by atoms with Crippen molar-refractivity contribution in [3.05, 3.63) is 101 Å². The Balaban J connectivity index is 1.43. The molecule has 0 bridgehead atoms. The Morgan fingerprint density at radius 2 is 1.41 bits per heavy atom. The number of benzene rings is 3. The summed E-state index contributed by atoms with van der Waals surface area (Å²) in [5, 5.41) is 19.6. The third kappa shape index (κ3) is 8.94. The highest BCUT2D eigenvalue weighted by Gasteiger charge is 2.25. The number of hydrogen-bond donors (Lipinski definition) is 2. The van der Waals surface area contributed by atoms with E-state index in [1.807, 2.05) is 56.0 Å². The molecule has 4 rings (SSSR count). The summed E-state index contributed by atoms with van der Waals surface area (Å²) >= 11 is 0. The standard InChI is InChI=1S/C35H44N2O4/c1-35(2,3)41-34(40)37-24-22-36(23-25-37)21-7-9-27-13-15-29(16-14-27)33(30-17-19-31(39)20-18-30)32(12-8-26-38)28-10-5-4-6-11-28/h4-6,10-11,13-20,38-39H,7-9,12,21-26H2,1-3H3/b33-32+. The van der Waals surface area contributed by atoms with Crippen LogP contribution in [0, 0.1) is 0 Å². The zero-order chi connectivity index (χ0) is 29.2. The summed E-state index contributed by atoms with van der Waals surface area (Å²) in [5.41, 5.74) is 6.44. The van der Waals surface area contributed by atoms with Crippen LogP contribution in [0.1, 0.15) is 62.3 Å². The van der Waals surface area contributed by atoms with E-state index in [0.29, 0.717) is 19.5 Å². The number of ether oxygens (including phenoxy) is 1. The second kappa shape index (κ2) is 14.3. The first-order chi connectivity index (χ1) is 19.7. The van der Waals surface area contributed by atoms with E-state index in [1.54, 1.807) is 12.1 Å². The number of carbonyl (C=O) groups excluding carboxylic acids is 1. The van der Waals surface area contributed by atoms with E-state index in [4.69, 9.17) is 4.74 Å². The van der Waals surface area contributed by atoms with Gasteiger partial charge in [-0.15, -0.1) is 0 Å². The summed E-state index contributed by atoms with van der Waals surface area (Å²) in [5.74, 6) is 0.242. The van der Waals surface area contributed by atoms with Gasteiger partial charge in [-0.2, -0.15) is 0 Å². The number of piperazine rings is 1. The molecule has 1 aliphatic heterocycles. The fourth-order valence-corrected chi connectivity index (χ4v) is 5.28. The number of hydrogen-bond acceptors (Lipinski definition) is 5. The van der Waals surface area contributed by atoms with Gasteiger partial charge in [0.1, 0.15) is 11.4 Å². The minimum absolute atomic E-state index is 0.133. The van der Waals surface area contributed by atoms with Gasteiger partial charge in [0.2, 0.25) is 0 Å². The third-order valence-corrected chi connectivity index (χ3v) is 7.37. The first kappa shape index (κ1) is 30.4. The Morgan fingerprint density at radius 1 is 0.805 bits per heavy atom. The van der Waals surface area contributed by atoms with Gasteiger partial charge in [-0.05, 0) is 98.5 Å². The minimum Gasteiger partial charge on any atom is -0.508 e. The second-order valence-corrected chi connectivity index (χ2v) is 11.7. The number of aromatic hydroxyl groups is 1. The van der Waals surface area contributed by atoms with Crippen molar-refractivity contribution in [1.29, 1.82) is 0 Å². The summed E-state index contributed by atoms with van der Waals surface area (Å²) in [6.45, 7) is 9.99. The van der Waals surface area contributed by atoms with E-state index in [-0.39, 0.29) is 18.4 Å². The van der Waals surface area contributed by atoms with E-state index < -0.39 is 5.60 Å². The van der Waals surface area contributed by atoms with Crippen molar-refractivity contribution in [3.63, 3.8) is 0 Å². The molecule has 3 aromatic rings. The molecule has 1 aliphatic rings. The molecule has 2 N–H and O–H groups in total. The van der Waals surface area contributed by atoms with Gasteiger partial charge < -0.3 is 19.8 Å².